The zero-order chi connectivity index (χ0) is 17.3. The molecule has 1 aromatic carbocycles. The van der Waals surface area contributed by atoms with Crippen molar-refractivity contribution in [3.8, 4) is 0 Å². The lowest BCUT2D eigenvalue weighted by atomic mass is 9.74. The quantitative estimate of drug-likeness (QED) is 0.906. The average Bonchev–Trinajstić information content (AvgIpc) is 2.93. The maximum atomic E-state index is 12.4. The number of likely N-dealkylation sites (N-methyl/N-ethyl adjacent to an activating group) is 1. The van der Waals surface area contributed by atoms with Crippen molar-refractivity contribution in [2.45, 2.75) is 31.2 Å². The van der Waals surface area contributed by atoms with Crippen LogP contribution < -0.4 is 5.32 Å². The molecule has 1 spiro atoms. The molecule has 24 heavy (non-hydrogen) atoms. The van der Waals surface area contributed by atoms with Crippen molar-refractivity contribution in [2.75, 3.05) is 27.2 Å². The maximum absolute atomic E-state index is 12.4. The minimum atomic E-state index is -0.504. The Balaban J connectivity index is 1.61. The van der Waals surface area contributed by atoms with E-state index in [1.165, 1.54) is 16.0 Å². The van der Waals surface area contributed by atoms with Crippen molar-refractivity contribution in [3.63, 3.8) is 0 Å². The van der Waals surface area contributed by atoms with Gasteiger partial charge in [0.25, 0.3) is 0 Å². The molecule has 3 amide bonds. The minimum Gasteiger partial charge on any atom is -0.347 e. The first-order valence-electron chi connectivity index (χ1n) is 8.48. The third kappa shape index (κ3) is 2.90. The molecule has 1 N–H and O–H groups in total. The van der Waals surface area contributed by atoms with Gasteiger partial charge in [0, 0.05) is 32.6 Å². The molecule has 1 heterocycles. The van der Waals surface area contributed by atoms with Crippen molar-refractivity contribution in [3.05, 3.63) is 41.5 Å². The molecule has 1 atom stereocenters. The molecule has 3 rings (SSSR count). The van der Waals surface area contributed by atoms with Gasteiger partial charge in [-0.15, -0.1) is 0 Å². The van der Waals surface area contributed by atoms with E-state index in [-0.39, 0.29) is 17.4 Å². The van der Waals surface area contributed by atoms with Gasteiger partial charge in [-0.25, -0.2) is 4.79 Å². The maximum Gasteiger partial charge on any atom is 0.318 e. The fourth-order valence-electron chi connectivity index (χ4n) is 3.71. The topological polar surface area (TPSA) is 52.7 Å². The van der Waals surface area contributed by atoms with Crippen molar-refractivity contribution in [1.29, 1.82) is 0 Å². The Morgan fingerprint density at radius 2 is 1.88 bits per heavy atom. The van der Waals surface area contributed by atoms with E-state index < -0.39 is 6.04 Å². The van der Waals surface area contributed by atoms with Crippen molar-refractivity contribution >= 4 is 18.0 Å². The van der Waals surface area contributed by atoms with Gasteiger partial charge in [-0.05, 0) is 30.9 Å². The highest BCUT2D eigenvalue weighted by molar-refractivity contribution is 5.86. The molecule has 1 aromatic rings. The summed E-state index contributed by atoms with van der Waals surface area (Å²) >= 11 is 0. The van der Waals surface area contributed by atoms with E-state index in [0.29, 0.717) is 13.1 Å². The second kappa shape index (κ2) is 6.30. The molecule has 1 aliphatic carbocycles. The normalized spacial score (nSPS) is 19.0. The zero-order valence-electron chi connectivity index (χ0n) is 14.6. The minimum absolute atomic E-state index is 0.0679. The Hall–Kier alpha value is -2.30. The molecular formula is C19H25N3O2. The summed E-state index contributed by atoms with van der Waals surface area (Å²) < 4.78 is 0. The van der Waals surface area contributed by atoms with E-state index in [0.717, 1.165) is 12.8 Å². The average molecular weight is 327 g/mol. The summed E-state index contributed by atoms with van der Waals surface area (Å²) in [6, 6.07) is 7.84. The number of urea groups is 1. The molecule has 0 saturated carbocycles. The van der Waals surface area contributed by atoms with Gasteiger partial charge in [0.15, 0.2) is 0 Å². The van der Waals surface area contributed by atoms with Crippen LogP contribution in [0.3, 0.4) is 0 Å². The summed E-state index contributed by atoms with van der Waals surface area (Å²) in [5.74, 6) is -0.0931. The Labute approximate surface area is 143 Å². The number of piperidine rings is 1. The molecule has 1 fully saturated rings. The lowest BCUT2D eigenvalue weighted by Crippen LogP contribution is -2.52. The predicted octanol–water partition coefficient (Wildman–Crippen LogP) is 2.23. The largest absolute Gasteiger partial charge is 0.347 e. The molecular weight excluding hydrogens is 302 g/mol. The molecule has 0 unspecified atom stereocenters. The summed E-state index contributed by atoms with van der Waals surface area (Å²) in [4.78, 5) is 27.6. The number of benzene rings is 1. The van der Waals surface area contributed by atoms with E-state index >= 15 is 0 Å². The second-order valence-corrected chi connectivity index (χ2v) is 6.97. The van der Waals surface area contributed by atoms with E-state index in [9.17, 15) is 9.59 Å². The highest BCUT2D eigenvalue weighted by Gasteiger charge is 2.39. The number of carbonyl (C=O) groups excluding carboxylic acids is 2. The number of nitrogens with one attached hydrogen (secondary N) is 1. The van der Waals surface area contributed by atoms with E-state index in [2.05, 4.69) is 41.7 Å². The van der Waals surface area contributed by atoms with Crippen molar-refractivity contribution in [2.24, 2.45) is 0 Å². The zero-order valence-corrected chi connectivity index (χ0v) is 14.6. The van der Waals surface area contributed by atoms with Crippen LogP contribution in [-0.4, -0.2) is 55.0 Å². The van der Waals surface area contributed by atoms with Crippen LogP contribution in [-0.2, 0) is 10.2 Å². The molecule has 5 heteroatoms. The number of amides is 3. The summed E-state index contributed by atoms with van der Waals surface area (Å²) in [7, 11) is 3.39. The Morgan fingerprint density at radius 3 is 2.54 bits per heavy atom. The number of hydrogen-bond donors (Lipinski definition) is 1. The van der Waals surface area contributed by atoms with Gasteiger partial charge in [-0.3, -0.25) is 4.79 Å². The van der Waals surface area contributed by atoms with Crippen LogP contribution in [0.1, 0.15) is 30.9 Å². The number of hydrogen-bond acceptors (Lipinski definition) is 2. The van der Waals surface area contributed by atoms with Crippen LogP contribution in [0.25, 0.3) is 6.08 Å². The van der Waals surface area contributed by atoms with Gasteiger partial charge in [-0.2, -0.15) is 0 Å². The standard InChI is InChI=1S/C19H25N3O2/c1-14(17(23)21(2)3)20-18(24)22-12-10-19(11-13-22)9-8-15-6-4-5-7-16(15)19/h4-9,14H,10-13H2,1-3H3,(H,20,24)/t14-/m1/s1. The molecule has 0 aromatic heterocycles. The number of nitrogens with zero attached hydrogens (tertiary/aromatic N) is 2. The molecule has 2 aliphatic rings. The summed E-state index contributed by atoms with van der Waals surface area (Å²) in [5.41, 5.74) is 2.74. The lowest BCUT2D eigenvalue weighted by molar-refractivity contribution is -0.130. The summed E-state index contributed by atoms with van der Waals surface area (Å²) in [6.45, 7) is 3.13. The van der Waals surface area contributed by atoms with Crippen LogP contribution >= 0.6 is 0 Å². The molecule has 1 aliphatic heterocycles. The van der Waals surface area contributed by atoms with Gasteiger partial charge >= 0.3 is 6.03 Å². The molecule has 0 bridgehead atoms. The monoisotopic (exact) mass is 327 g/mol. The van der Waals surface area contributed by atoms with Crippen LogP contribution in [0.4, 0.5) is 4.79 Å². The first kappa shape index (κ1) is 16.6. The highest BCUT2D eigenvalue weighted by atomic mass is 16.2. The number of likely N-dealkylation sites (tertiary alicyclic amines) is 1. The Kier molecular flexibility index (Phi) is 4.35. The predicted molar refractivity (Wildman–Crippen MR) is 94.6 cm³/mol. The van der Waals surface area contributed by atoms with Crippen LogP contribution in [0.2, 0.25) is 0 Å². The van der Waals surface area contributed by atoms with Crippen LogP contribution in [0, 0.1) is 0 Å². The van der Waals surface area contributed by atoms with Gasteiger partial charge in [0.2, 0.25) is 5.91 Å². The number of fused-ring (bicyclic) bond motifs is 2. The van der Waals surface area contributed by atoms with Crippen molar-refractivity contribution < 1.29 is 9.59 Å². The number of rotatable bonds is 2. The van der Waals surface area contributed by atoms with E-state index in [1.807, 2.05) is 4.90 Å². The summed E-state index contributed by atoms with van der Waals surface area (Å²) in [6.07, 6.45) is 6.34. The van der Waals surface area contributed by atoms with Crippen LogP contribution in [0.15, 0.2) is 30.3 Å². The van der Waals surface area contributed by atoms with Gasteiger partial charge in [-0.1, -0.05) is 36.4 Å². The SMILES string of the molecule is C[C@@H](NC(=O)N1CCC2(C=Cc3ccccc32)CC1)C(=O)N(C)C. The highest BCUT2D eigenvalue weighted by Crippen LogP contribution is 2.43. The van der Waals surface area contributed by atoms with Crippen LogP contribution in [0.5, 0.6) is 0 Å². The molecule has 0 radical (unpaired) electrons. The lowest BCUT2D eigenvalue weighted by Gasteiger charge is -2.39. The number of allylic oxidation sites excluding steroid dienone is 1. The third-order valence-electron chi connectivity index (χ3n) is 5.17. The fourth-order valence-corrected chi connectivity index (χ4v) is 3.71. The molecule has 1 saturated heterocycles. The first-order chi connectivity index (χ1) is 11.4. The van der Waals surface area contributed by atoms with Gasteiger partial charge < -0.3 is 15.1 Å². The summed E-state index contributed by atoms with van der Waals surface area (Å²) in [5, 5.41) is 2.81. The molecule has 128 valence electrons. The first-order valence-corrected chi connectivity index (χ1v) is 8.48. The smallest absolute Gasteiger partial charge is 0.318 e. The third-order valence-corrected chi connectivity index (χ3v) is 5.17. The fraction of sp³-hybridized carbons (Fsp3) is 0.474. The Morgan fingerprint density at radius 1 is 1.21 bits per heavy atom. The van der Waals surface area contributed by atoms with Gasteiger partial charge in [0.1, 0.15) is 6.04 Å². The van der Waals surface area contributed by atoms with Gasteiger partial charge in [0.05, 0.1) is 0 Å². The van der Waals surface area contributed by atoms with E-state index in [1.54, 1.807) is 21.0 Å². The molecule has 5 nitrogen and oxygen atoms in total. The van der Waals surface area contributed by atoms with E-state index in [4.69, 9.17) is 0 Å². The Bertz CT molecular complexity index is 673. The van der Waals surface area contributed by atoms with Crippen molar-refractivity contribution in [1.82, 2.24) is 15.1 Å². The second-order valence-electron chi connectivity index (χ2n) is 6.97. The number of carbonyl (C=O) groups is 2.